The number of nitrogens with zero attached hydrogens (tertiary/aromatic N) is 1. The summed E-state index contributed by atoms with van der Waals surface area (Å²) < 4.78 is 11.0. The number of ether oxygens (including phenoxy) is 2. The molecule has 0 fully saturated rings. The van der Waals surface area contributed by atoms with Gasteiger partial charge in [0.1, 0.15) is 6.29 Å². The van der Waals surface area contributed by atoms with E-state index in [1.165, 1.54) is 0 Å². The van der Waals surface area contributed by atoms with Gasteiger partial charge in [-0.05, 0) is 32.9 Å². The predicted molar refractivity (Wildman–Crippen MR) is 71.1 cm³/mol. The van der Waals surface area contributed by atoms with Gasteiger partial charge in [0.15, 0.2) is 18.1 Å². The number of anilines is 1. The number of hydrogen-bond donors (Lipinski definition) is 0. The highest BCUT2D eigenvalue weighted by Gasteiger charge is 2.30. The third-order valence-corrected chi connectivity index (χ3v) is 2.88. The Hall–Kier alpha value is -2.04. The molecule has 0 aromatic heterocycles. The Labute approximate surface area is 112 Å². The van der Waals surface area contributed by atoms with Gasteiger partial charge in [0.25, 0.3) is 5.91 Å². The smallest absolute Gasteiger partial charge is 0.265 e. The molecule has 0 atom stereocenters. The molecule has 5 nitrogen and oxygen atoms in total. The van der Waals surface area contributed by atoms with E-state index < -0.39 is 0 Å². The summed E-state index contributed by atoms with van der Waals surface area (Å²) in [7, 11) is 0. The van der Waals surface area contributed by atoms with Gasteiger partial charge in [-0.1, -0.05) is 0 Å². The van der Waals surface area contributed by atoms with Crippen LogP contribution in [0.3, 0.4) is 0 Å². The van der Waals surface area contributed by atoms with Crippen LogP contribution in [0.25, 0.3) is 0 Å². The van der Waals surface area contributed by atoms with E-state index in [0.29, 0.717) is 29.4 Å². The molecule has 1 heterocycles. The van der Waals surface area contributed by atoms with Crippen molar-refractivity contribution in [3.63, 3.8) is 0 Å². The molecule has 102 valence electrons. The molecule has 1 aromatic carbocycles. The van der Waals surface area contributed by atoms with E-state index in [1.807, 2.05) is 20.8 Å². The first-order chi connectivity index (χ1) is 9.08. The van der Waals surface area contributed by atoms with E-state index >= 15 is 0 Å². The van der Waals surface area contributed by atoms with Crippen molar-refractivity contribution >= 4 is 17.9 Å². The van der Waals surface area contributed by atoms with E-state index in [9.17, 15) is 9.59 Å². The number of carbonyl (C=O) groups excluding carboxylic acids is 2. The van der Waals surface area contributed by atoms with Crippen molar-refractivity contribution in [2.75, 3.05) is 18.1 Å². The maximum Gasteiger partial charge on any atom is 0.265 e. The Kier molecular flexibility index (Phi) is 3.74. The molecule has 0 saturated carbocycles. The summed E-state index contributed by atoms with van der Waals surface area (Å²) in [4.78, 5) is 24.6. The molecule has 1 aromatic rings. The van der Waals surface area contributed by atoms with Crippen LogP contribution in [0.1, 0.15) is 31.1 Å². The average molecular weight is 263 g/mol. The minimum absolute atomic E-state index is 0.00784. The van der Waals surface area contributed by atoms with E-state index in [1.54, 1.807) is 17.0 Å². The average Bonchev–Trinajstić information content (AvgIpc) is 2.37. The van der Waals surface area contributed by atoms with E-state index in [0.717, 1.165) is 6.29 Å². The van der Waals surface area contributed by atoms with Gasteiger partial charge < -0.3 is 14.4 Å². The van der Waals surface area contributed by atoms with Gasteiger partial charge in [-0.15, -0.1) is 0 Å². The molecule has 1 amide bonds. The number of hydrogen-bond acceptors (Lipinski definition) is 4. The van der Waals surface area contributed by atoms with Crippen LogP contribution >= 0.6 is 0 Å². The minimum atomic E-state index is -0.118. The van der Waals surface area contributed by atoms with Crippen LogP contribution in [0.15, 0.2) is 12.1 Å². The SMILES string of the molecule is CCOc1cc(C=O)cc2c1OCC(=O)N2C(C)C. The van der Waals surface area contributed by atoms with Crippen molar-refractivity contribution in [2.45, 2.75) is 26.8 Å². The van der Waals surface area contributed by atoms with Gasteiger partial charge >= 0.3 is 0 Å². The van der Waals surface area contributed by atoms with Gasteiger partial charge in [-0.2, -0.15) is 0 Å². The highest BCUT2D eigenvalue weighted by atomic mass is 16.5. The van der Waals surface area contributed by atoms with Crippen LogP contribution in [0.2, 0.25) is 0 Å². The first-order valence-corrected chi connectivity index (χ1v) is 6.29. The third kappa shape index (κ3) is 2.41. The van der Waals surface area contributed by atoms with Crippen LogP contribution in [0.4, 0.5) is 5.69 Å². The molecule has 0 saturated heterocycles. The van der Waals surface area contributed by atoms with Gasteiger partial charge in [0.2, 0.25) is 0 Å². The molecule has 0 radical (unpaired) electrons. The first-order valence-electron chi connectivity index (χ1n) is 6.29. The molecule has 5 heteroatoms. The van der Waals surface area contributed by atoms with Crippen molar-refractivity contribution in [2.24, 2.45) is 0 Å². The lowest BCUT2D eigenvalue weighted by Gasteiger charge is -2.33. The van der Waals surface area contributed by atoms with Crippen LogP contribution < -0.4 is 14.4 Å². The Bertz CT molecular complexity index is 510. The standard InChI is InChI=1S/C14H17NO4/c1-4-18-12-6-10(7-16)5-11-14(12)19-8-13(17)15(11)9(2)3/h5-7,9H,4,8H2,1-3H3. The Morgan fingerprint density at radius 1 is 1.47 bits per heavy atom. The summed E-state index contributed by atoms with van der Waals surface area (Å²) in [5.41, 5.74) is 1.06. The fraction of sp³-hybridized carbons (Fsp3) is 0.429. The summed E-state index contributed by atoms with van der Waals surface area (Å²) in [6.45, 7) is 6.15. The summed E-state index contributed by atoms with van der Waals surface area (Å²) >= 11 is 0. The molecular weight excluding hydrogens is 246 g/mol. The van der Waals surface area contributed by atoms with Gasteiger partial charge in [-0.25, -0.2) is 0 Å². The second-order valence-corrected chi connectivity index (χ2v) is 4.56. The largest absolute Gasteiger partial charge is 0.490 e. The summed E-state index contributed by atoms with van der Waals surface area (Å²) in [6.07, 6.45) is 0.736. The van der Waals surface area contributed by atoms with Gasteiger partial charge in [0.05, 0.1) is 12.3 Å². The summed E-state index contributed by atoms with van der Waals surface area (Å²) in [6, 6.07) is 3.28. The number of benzene rings is 1. The van der Waals surface area contributed by atoms with Gasteiger partial charge in [0, 0.05) is 11.6 Å². The quantitative estimate of drug-likeness (QED) is 0.780. The molecule has 0 N–H and O–H groups in total. The fourth-order valence-corrected chi connectivity index (χ4v) is 2.17. The third-order valence-electron chi connectivity index (χ3n) is 2.88. The van der Waals surface area contributed by atoms with E-state index in [4.69, 9.17) is 9.47 Å². The lowest BCUT2D eigenvalue weighted by molar-refractivity contribution is -0.121. The fourth-order valence-electron chi connectivity index (χ4n) is 2.17. The molecule has 1 aliphatic heterocycles. The zero-order valence-electron chi connectivity index (χ0n) is 11.3. The zero-order valence-corrected chi connectivity index (χ0v) is 11.3. The predicted octanol–water partition coefficient (Wildman–Crippen LogP) is 2.03. The molecule has 0 unspecified atom stereocenters. The van der Waals surface area contributed by atoms with Crippen molar-refractivity contribution < 1.29 is 19.1 Å². The normalized spacial score (nSPS) is 14.1. The Morgan fingerprint density at radius 3 is 2.79 bits per heavy atom. The number of fused-ring (bicyclic) bond motifs is 1. The van der Waals surface area contributed by atoms with Crippen LogP contribution in [0.5, 0.6) is 11.5 Å². The lowest BCUT2D eigenvalue weighted by atomic mass is 10.1. The van der Waals surface area contributed by atoms with Gasteiger partial charge in [-0.3, -0.25) is 9.59 Å². The Balaban J connectivity index is 2.59. The topological polar surface area (TPSA) is 55.8 Å². The maximum absolute atomic E-state index is 11.9. The highest BCUT2D eigenvalue weighted by Crippen LogP contribution is 2.42. The minimum Gasteiger partial charge on any atom is -0.490 e. The molecule has 19 heavy (non-hydrogen) atoms. The first kappa shape index (κ1) is 13.4. The summed E-state index contributed by atoms with van der Waals surface area (Å²) in [5, 5.41) is 0. The number of amides is 1. The van der Waals surface area contributed by atoms with E-state index in [-0.39, 0.29) is 18.6 Å². The summed E-state index contributed by atoms with van der Waals surface area (Å²) in [5.74, 6) is 0.911. The molecular formula is C14H17NO4. The number of aldehydes is 1. The van der Waals surface area contributed by atoms with Crippen LogP contribution in [-0.4, -0.2) is 31.4 Å². The molecule has 0 bridgehead atoms. The molecule has 0 spiro atoms. The molecule has 1 aliphatic rings. The second kappa shape index (κ2) is 5.30. The van der Waals surface area contributed by atoms with Crippen molar-refractivity contribution in [3.8, 4) is 11.5 Å². The van der Waals surface area contributed by atoms with Crippen molar-refractivity contribution in [1.29, 1.82) is 0 Å². The number of carbonyl (C=O) groups is 2. The monoisotopic (exact) mass is 263 g/mol. The van der Waals surface area contributed by atoms with Crippen LogP contribution in [0, 0.1) is 0 Å². The zero-order chi connectivity index (χ0) is 14.0. The lowest BCUT2D eigenvalue weighted by Crippen LogP contribution is -2.43. The van der Waals surface area contributed by atoms with Crippen molar-refractivity contribution in [3.05, 3.63) is 17.7 Å². The Morgan fingerprint density at radius 2 is 2.21 bits per heavy atom. The van der Waals surface area contributed by atoms with E-state index in [2.05, 4.69) is 0 Å². The highest BCUT2D eigenvalue weighted by molar-refractivity contribution is 6.00. The maximum atomic E-state index is 11.9. The molecule has 0 aliphatic carbocycles. The van der Waals surface area contributed by atoms with Crippen molar-refractivity contribution in [1.82, 2.24) is 0 Å². The second-order valence-electron chi connectivity index (χ2n) is 4.56. The molecule has 2 rings (SSSR count). The van der Waals surface area contributed by atoms with Crippen LogP contribution in [-0.2, 0) is 4.79 Å². The number of rotatable bonds is 4.